The quantitative estimate of drug-likeness (QED) is 0.561. The molecule has 3 heterocycles. The van der Waals surface area contributed by atoms with Gasteiger partial charge >= 0.3 is 0 Å². The van der Waals surface area contributed by atoms with E-state index in [4.69, 9.17) is 4.74 Å². The van der Waals surface area contributed by atoms with E-state index in [1.807, 2.05) is 54.2 Å². The Morgan fingerprint density at radius 2 is 1.94 bits per heavy atom. The number of azo groups is 1. The average Bonchev–Trinajstić information content (AvgIpc) is 2.82. The van der Waals surface area contributed by atoms with E-state index < -0.39 is 5.82 Å². The van der Waals surface area contributed by atoms with Gasteiger partial charge in [-0.1, -0.05) is 6.07 Å². The van der Waals surface area contributed by atoms with Gasteiger partial charge in [0.1, 0.15) is 6.54 Å². The fourth-order valence-electron chi connectivity index (χ4n) is 3.19. The molecule has 166 valence electrons. The van der Waals surface area contributed by atoms with Crippen molar-refractivity contribution in [3.63, 3.8) is 0 Å². The summed E-state index contributed by atoms with van der Waals surface area (Å²) in [7, 11) is 4.01. The minimum Gasteiger partial charge on any atom is -0.378 e. The van der Waals surface area contributed by atoms with E-state index in [1.165, 1.54) is 0 Å². The Hall–Kier alpha value is -3.66. The first-order valence-electron chi connectivity index (χ1n) is 10.3. The van der Waals surface area contributed by atoms with E-state index in [1.54, 1.807) is 6.20 Å². The van der Waals surface area contributed by atoms with Crippen LogP contribution in [0.5, 0.6) is 0 Å². The number of morpholine rings is 1. The Kier molecular flexibility index (Phi) is 6.81. The van der Waals surface area contributed by atoms with Crippen LogP contribution < -0.4 is 15.1 Å². The molecule has 0 saturated carbocycles. The molecule has 0 spiro atoms. The van der Waals surface area contributed by atoms with Crippen LogP contribution in [0.3, 0.4) is 0 Å². The van der Waals surface area contributed by atoms with Gasteiger partial charge in [0.05, 0.1) is 37.0 Å². The number of nitrogens with zero attached hydrogens (tertiary/aromatic N) is 7. The molecule has 1 fully saturated rings. The molecule has 0 unspecified atom stereocenters. The van der Waals surface area contributed by atoms with Crippen LogP contribution in [0.15, 0.2) is 59.0 Å². The van der Waals surface area contributed by atoms with Crippen LogP contribution >= 0.6 is 0 Å². The standard InChI is InChI=1S/C22H25FN8O/c1-30(2)19-5-3-4-16(12-19)27-18-7-6-17(24-13-18)14-26-29-22-25-15-20(23)21(28-22)31-8-10-32-11-9-31/h3-7,12-13,15,27H,8-11,14H2,1-2H3. The van der Waals surface area contributed by atoms with Gasteiger partial charge in [0, 0.05) is 38.6 Å². The molecule has 0 amide bonds. The predicted octanol–water partition coefficient (Wildman–Crippen LogP) is 3.94. The third-order valence-corrected chi connectivity index (χ3v) is 4.89. The second-order valence-electron chi connectivity index (χ2n) is 7.45. The van der Waals surface area contributed by atoms with Crippen molar-refractivity contribution in [1.29, 1.82) is 0 Å². The molecule has 10 heteroatoms. The Balaban J connectivity index is 1.36. The first kappa shape index (κ1) is 21.6. The van der Waals surface area contributed by atoms with Crippen molar-refractivity contribution in [2.24, 2.45) is 10.2 Å². The lowest BCUT2D eigenvalue weighted by Crippen LogP contribution is -2.37. The highest BCUT2D eigenvalue weighted by Crippen LogP contribution is 2.22. The van der Waals surface area contributed by atoms with Crippen LogP contribution in [-0.2, 0) is 11.3 Å². The number of halogens is 1. The molecule has 1 aliphatic rings. The van der Waals surface area contributed by atoms with Gasteiger partial charge in [-0.3, -0.25) is 4.98 Å². The predicted molar refractivity (Wildman–Crippen MR) is 122 cm³/mol. The van der Waals surface area contributed by atoms with E-state index >= 15 is 0 Å². The normalized spacial score (nSPS) is 14.0. The number of hydrogen-bond donors (Lipinski definition) is 1. The molecule has 4 rings (SSSR count). The van der Waals surface area contributed by atoms with Crippen LogP contribution in [0.25, 0.3) is 0 Å². The molecule has 1 aliphatic heterocycles. The zero-order chi connectivity index (χ0) is 22.3. The Bertz CT molecular complexity index is 1070. The largest absolute Gasteiger partial charge is 0.378 e. The lowest BCUT2D eigenvalue weighted by molar-refractivity contribution is 0.122. The number of pyridine rings is 1. The van der Waals surface area contributed by atoms with Crippen molar-refractivity contribution in [1.82, 2.24) is 15.0 Å². The first-order valence-corrected chi connectivity index (χ1v) is 10.3. The van der Waals surface area contributed by atoms with Crippen molar-refractivity contribution in [2.45, 2.75) is 6.54 Å². The van der Waals surface area contributed by atoms with Crippen molar-refractivity contribution >= 4 is 28.8 Å². The zero-order valence-corrected chi connectivity index (χ0v) is 18.1. The molecule has 1 saturated heterocycles. The summed E-state index contributed by atoms with van der Waals surface area (Å²) in [5, 5.41) is 11.5. The molecule has 0 aliphatic carbocycles. The van der Waals surface area contributed by atoms with Crippen LogP contribution in [0, 0.1) is 5.82 Å². The molecule has 1 aromatic carbocycles. The third kappa shape index (κ3) is 5.52. The van der Waals surface area contributed by atoms with Gasteiger partial charge in [-0.2, -0.15) is 10.1 Å². The van der Waals surface area contributed by atoms with Crippen molar-refractivity contribution < 1.29 is 9.13 Å². The second kappa shape index (κ2) is 10.1. The number of ether oxygens (including phenoxy) is 1. The van der Waals surface area contributed by atoms with Gasteiger partial charge in [0.25, 0.3) is 5.95 Å². The highest BCUT2D eigenvalue weighted by atomic mass is 19.1. The lowest BCUT2D eigenvalue weighted by Gasteiger charge is -2.27. The summed E-state index contributed by atoms with van der Waals surface area (Å²) >= 11 is 0. The maximum Gasteiger partial charge on any atom is 0.270 e. The van der Waals surface area contributed by atoms with Crippen molar-refractivity contribution in [2.75, 3.05) is 55.5 Å². The summed E-state index contributed by atoms with van der Waals surface area (Å²) in [6.07, 6.45) is 2.87. The highest BCUT2D eigenvalue weighted by molar-refractivity contribution is 5.64. The topological polar surface area (TPSA) is 91.1 Å². The molecule has 3 aromatic rings. The van der Waals surface area contributed by atoms with E-state index in [-0.39, 0.29) is 18.3 Å². The minimum atomic E-state index is -0.480. The maximum atomic E-state index is 14.1. The van der Waals surface area contributed by atoms with E-state index in [2.05, 4.69) is 36.6 Å². The summed E-state index contributed by atoms with van der Waals surface area (Å²) < 4.78 is 19.4. The summed E-state index contributed by atoms with van der Waals surface area (Å²) in [4.78, 5) is 16.4. The van der Waals surface area contributed by atoms with E-state index in [9.17, 15) is 4.39 Å². The molecule has 32 heavy (non-hydrogen) atoms. The van der Waals surface area contributed by atoms with Gasteiger partial charge < -0.3 is 19.9 Å². The SMILES string of the molecule is CN(C)c1cccc(Nc2ccc(CN=Nc3ncc(F)c(N4CCOCC4)n3)nc2)c1. The van der Waals surface area contributed by atoms with Gasteiger partial charge in [0.15, 0.2) is 11.6 Å². The molecular weight excluding hydrogens is 411 g/mol. The summed E-state index contributed by atoms with van der Waals surface area (Å²) in [6.45, 7) is 2.50. The fraction of sp³-hybridized carbons (Fsp3) is 0.318. The smallest absolute Gasteiger partial charge is 0.270 e. The summed E-state index contributed by atoms with van der Waals surface area (Å²) in [5.74, 6) is -0.136. The van der Waals surface area contributed by atoms with Gasteiger partial charge in [-0.05, 0) is 30.3 Å². The van der Waals surface area contributed by atoms with E-state index in [0.29, 0.717) is 26.3 Å². The number of hydrogen-bond acceptors (Lipinski definition) is 9. The van der Waals surface area contributed by atoms with Crippen molar-refractivity contribution in [3.8, 4) is 0 Å². The average molecular weight is 436 g/mol. The number of nitrogens with one attached hydrogen (secondary N) is 1. The van der Waals surface area contributed by atoms with Gasteiger partial charge in [-0.15, -0.1) is 5.11 Å². The fourth-order valence-corrected chi connectivity index (χ4v) is 3.19. The number of rotatable bonds is 7. The third-order valence-electron chi connectivity index (χ3n) is 4.89. The second-order valence-corrected chi connectivity index (χ2v) is 7.45. The van der Waals surface area contributed by atoms with Crippen LogP contribution in [0.1, 0.15) is 5.69 Å². The van der Waals surface area contributed by atoms with Gasteiger partial charge in [0.2, 0.25) is 0 Å². The molecular formula is C22H25FN8O. The van der Waals surface area contributed by atoms with Crippen molar-refractivity contribution in [3.05, 3.63) is 60.3 Å². The molecule has 0 atom stereocenters. The number of aromatic nitrogens is 3. The Morgan fingerprint density at radius 1 is 1.09 bits per heavy atom. The zero-order valence-electron chi connectivity index (χ0n) is 18.1. The maximum absolute atomic E-state index is 14.1. The Morgan fingerprint density at radius 3 is 2.69 bits per heavy atom. The molecule has 1 N–H and O–H groups in total. The number of anilines is 4. The molecule has 0 radical (unpaired) electrons. The monoisotopic (exact) mass is 436 g/mol. The Labute approximate surface area is 186 Å². The van der Waals surface area contributed by atoms with E-state index in [0.717, 1.165) is 29.0 Å². The minimum absolute atomic E-state index is 0.118. The summed E-state index contributed by atoms with van der Waals surface area (Å²) in [5.41, 5.74) is 3.71. The molecule has 9 nitrogen and oxygen atoms in total. The molecule has 0 bridgehead atoms. The first-order chi connectivity index (χ1) is 15.6. The lowest BCUT2D eigenvalue weighted by atomic mass is 10.2. The van der Waals surface area contributed by atoms with Gasteiger partial charge in [-0.25, -0.2) is 9.37 Å². The van der Waals surface area contributed by atoms with Crippen LogP contribution in [0.4, 0.5) is 33.2 Å². The highest BCUT2D eigenvalue weighted by Gasteiger charge is 2.17. The molecule has 2 aromatic heterocycles. The van der Waals surface area contributed by atoms with Crippen LogP contribution in [-0.4, -0.2) is 55.4 Å². The summed E-state index contributed by atoms with van der Waals surface area (Å²) in [6, 6.07) is 11.9. The number of benzene rings is 1. The van der Waals surface area contributed by atoms with Crippen LogP contribution in [0.2, 0.25) is 0 Å².